The van der Waals surface area contributed by atoms with Crippen LogP contribution in [-0.2, 0) is 4.79 Å². The lowest BCUT2D eigenvalue weighted by Gasteiger charge is -2.33. The minimum atomic E-state index is -0.720. The molecule has 1 aliphatic heterocycles. The second-order valence-corrected chi connectivity index (χ2v) is 6.13. The fourth-order valence-electron chi connectivity index (χ4n) is 3.67. The van der Waals surface area contributed by atoms with Crippen LogP contribution in [0.25, 0.3) is 0 Å². The van der Waals surface area contributed by atoms with Crippen LogP contribution in [-0.4, -0.2) is 41.7 Å². The van der Waals surface area contributed by atoms with Gasteiger partial charge in [0.25, 0.3) is 0 Å². The molecule has 0 bridgehead atoms. The second-order valence-electron chi connectivity index (χ2n) is 6.13. The lowest BCUT2D eigenvalue weighted by atomic mass is 9.92. The van der Waals surface area contributed by atoms with Gasteiger partial charge >= 0.3 is 5.97 Å². The van der Waals surface area contributed by atoms with Gasteiger partial charge in [-0.15, -0.1) is 0 Å². The molecule has 0 aromatic heterocycles. The first-order valence-corrected chi connectivity index (χ1v) is 7.91. The van der Waals surface area contributed by atoms with Gasteiger partial charge in [0.15, 0.2) is 0 Å². The third-order valence-electron chi connectivity index (χ3n) is 4.72. The van der Waals surface area contributed by atoms with Gasteiger partial charge in [0, 0.05) is 18.5 Å². The van der Waals surface area contributed by atoms with Gasteiger partial charge in [0.1, 0.15) is 5.75 Å². The third-order valence-corrected chi connectivity index (χ3v) is 4.72. The molecule has 1 fully saturated rings. The third kappa shape index (κ3) is 3.38. The van der Waals surface area contributed by atoms with Crippen LogP contribution < -0.4 is 4.74 Å². The van der Waals surface area contributed by atoms with E-state index in [0.717, 1.165) is 38.2 Å². The Morgan fingerprint density at radius 2 is 2.00 bits per heavy atom. The molecule has 1 aromatic rings. The second kappa shape index (κ2) is 6.48. The van der Waals surface area contributed by atoms with Crippen molar-refractivity contribution >= 4 is 5.97 Å². The van der Waals surface area contributed by atoms with Crippen LogP contribution in [0, 0.1) is 0 Å². The molecular formula is C17H23NO3. The summed E-state index contributed by atoms with van der Waals surface area (Å²) in [5.74, 6) is 0.632. The highest BCUT2D eigenvalue weighted by Gasteiger charge is 2.29. The summed E-state index contributed by atoms with van der Waals surface area (Å²) in [5.41, 5.74) is 1.23. The summed E-state index contributed by atoms with van der Waals surface area (Å²) in [6, 6.07) is 8.60. The number of carboxylic acid groups (broad SMARTS) is 1. The number of carbonyl (C=O) groups is 1. The van der Waals surface area contributed by atoms with Crippen molar-refractivity contribution in [3.8, 4) is 5.75 Å². The van der Waals surface area contributed by atoms with Crippen molar-refractivity contribution in [2.45, 2.75) is 44.1 Å². The van der Waals surface area contributed by atoms with Crippen LogP contribution >= 0.6 is 0 Å². The zero-order valence-electron chi connectivity index (χ0n) is 12.3. The van der Waals surface area contributed by atoms with Crippen molar-refractivity contribution in [1.82, 2.24) is 4.90 Å². The normalized spacial score (nSPS) is 22.0. The Bertz CT molecular complexity index is 497. The van der Waals surface area contributed by atoms with Crippen LogP contribution in [0.1, 0.15) is 43.6 Å². The molecule has 0 amide bonds. The van der Waals surface area contributed by atoms with Gasteiger partial charge in [-0.05, 0) is 30.9 Å². The molecule has 114 valence electrons. The number of carboxylic acids is 1. The lowest BCUT2D eigenvalue weighted by Crippen LogP contribution is -2.41. The van der Waals surface area contributed by atoms with Gasteiger partial charge in [-0.1, -0.05) is 31.0 Å². The average Bonchev–Trinajstić information content (AvgIpc) is 3.01. The summed E-state index contributed by atoms with van der Waals surface area (Å²) in [5, 5.41) is 9.20. The standard InChI is InChI=1S/C17H23NO3/c19-17(20)12-18(14-5-1-2-6-14)11-13-9-10-21-16-8-4-3-7-15(13)16/h3-4,7-8,13-14H,1-2,5-6,9-12H2,(H,19,20). The molecule has 4 nitrogen and oxygen atoms in total. The predicted molar refractivity (Wildman–Crippen MR) is 80.8 cm³/mol. The highest BCUT2D eigenvalue weighted by Crippen LogP contribution is 2.35. The Hall–Kier alpha value is -1.55. The average molecular weight is 289 g/mol. The molecule has 21 heavy (non-hydrogen) atoms. The molecule has 0 saturated heterocycles. The number of fused-ring (bicyclic) bond motifs is 1. The molecule has 1 unspecified atom stereocenters. The summed E-state index contributed by atoms with van der Waals surface area (Å²) in [4.78, 5) is 13.4. The fraction of sp³-hybridized carbons (Fsp3) is 0.588. The van der Waals surface area contributed by atoms with E-state index in [1.807, 2.05) is 18.2 Å². The summed E-state index contributed by atoms with van der Waals surface area (Å²) >= 11 is 0. The highest BCUT2D eigenvalue weighted by molar-refractivity contribution is 5.69. The Kier molecular flexibility index (Phi) is 4.44. The molecular weight excluding hydrogens is 266 g/mol. The number of rotatable bonds is 5. The first-order chi connectivity index (χ1) is 10.2. The molecule has 1 aliphatic carbocycles. The zero-order valence-corrected chi connectivity index (χ0v) is 12.3. The van der Waals surface area contributed by atoms with E-state index in [-0.39, 0.29) is 6.54 Å². The molecule has 3 rings (SSSR count). The summed E-state index contributed by atoms with van der Waals surface area (Å²) in [6.45, 7) is 1.72. The SMILES string of the molecule is O=C(O)CN(CC1CCOc2ccccc21)C1CCCC1. The molecule has 0 spiro atoms. The van der Waals surface area contributed by atoms with E-state index in [9.17, 15) is 9.90 Å². The maximum atomic E-state index is 11.2. The largest absolute Gasteiger partial charge is 0.493 e. The molecule has 1 saturated carbocycles. The Morgan fingerprint density at radius 3 is 2.76 bits per heavy atom. The van der Waals surface area contributed by atoms with Crippen LogP contribution in [0.2, 0.25) is 0 Å². The number of hydrogen-bond donors (Lipinski definition) is 1. The Labute approximate surface area is 125 Å². The van der Waals surface area contributed by atoms with Crippen LogP contribution in [0.15, 0.2) is 24.3 Å². The van der Waals surface area contributed by atoms with E-state index < -0.39 is 5.97 Å². The van der Waals surface area contributed by atoms with E-state index in [2.05, 4.69) is 11.0 Å². The summed E-state index contributed by atoms with van der Waals surface area (Å²) < 4.78 is 5.71. The number of nitrogens with zero attached hydrogens (tertiary/aromatic N) is 1. The number of para-hydroxylation sites is 1. The van der Waals surface area contributed by atoms with Crippen LogP contribution in [0.5, 0.6) is 5.75 Å². The van der Waals surface area contributed by atoms with E-state index in [0.29, 0.717) is 12.0 Å². The molecule has 1 aromatic carbocycles. The smallest absolute Gasteiger partial charge is 0.317 e. The van der Waals surface area contributed by atoms with E-state index in [1.54, 1.807) is 0 Å². The number of benzene rings is 1. The van der Waals surface area contributed by atoms with Crippen molar-refractivity contribution in [3.05, 3.63) is 29.8 Å². The number of aliphatic carboxylic acids is 1. The van der Waals surface area contributed by atoms with Gasteiger partial charge in [-0.2, -0.15) is 0 Å². The number of ether oxygens (including phenoxy) is 1. The lowest BCUT2D eigenvalue weighted by molar-refractivity contribution is -0.139. The predicted octanol–water partition coefficient (Wildman–Crippen LogP) is 2.88. The molecule has 1 heterocycles. The molecule has 4 heteroatoms. The maximum absolute atomic E-state index is 11.2. The van der Waals surface area contributed by atoms with Gasteiger partial charge < -0.3 is 9.84 Å². The highest BCUT2D eigenvalue weighted by atomic mass is 16.5. The molecule has 0 radical (unpaired) electrons. The first-order valence-electron chi connectivity index (χ1n) is 7.91. The van der Waals surface area contributed by atoms with Gasteiger partial charge in [0.2, 0.25) is 0 Å². The van der Waals surface area contributed by atoms with E-state index in [4.69, 9.17) is 4.74 Å². The zero-order chi connectivity index (χ0) is 14.7. The Balaban J connectivity index is 1.75. The summed E-state index contributed by atoms with van der Waals surface area (Å²) in [6.07, 6.45) is 5.70. The monoisotopic (exact) mass is 289 g/mol. The molecule has 2 aliphatic rings. The minimum absolute atomic E-state index is 0.157. The van der Waals surface area contributed by atoms with Gasteiger partial charge in [0.05, 0.1) is 13.2 Å². The van der Waals surface area contributed by atoms with Gasteiger partial charge in [-0.25, -0.2) is 0 Å². The summed E-state index contributed by atoms with van der Waals surface area (Å²) in [7, 11) is 0. The first kappa shape index (κ1) is 14.4. The topological polar surface area (TPSA) is 49.8 Å². The Morgan fingerprint density at radius 1 is 1.24 bits per heavy atom. The quantitative estimate of drug-likeness (QED) is 0.905. The maximum Gasteiger partial charge on any atom is 0.317 e. The fourth-order valence-corrected chi connectivity index (χ4v) is 3.67. The van der Waals surface area contributed by atoms with Crippen molar-refractivity contribution in [3.63, 3.8) is 0 Å². The van der Waals surface area contributed by atoms with Crippen LogP contribution in [0.3, 0.4) is 0 Å². The van der Waals surface area contributed by atoms with E-state index >= 15 is 0 Å². The van der Waals surface area contributed by atoms with Crippen molar-refractivity contribution in [1.29, 1.82) is 0 Å². The minimum Gasteiger partial charge on any atom is -0.493 e. The van der Waals surface area contributed by atoms with E-state index in [1.165, 1.54) is 18.4 Å². The van der Waals surface area contributed by atoms with Crippen LogP contribution in [0.4, 0.5) is 0 Å². The van der Waals surface area contributed by atoms with Crippen molar-refractivity contribution in [2.75, 3.05) is 19.7 Å². The number of hydrogen-bond acceptors (Lipinski definition) is 3. The van der Waals surface area contributed by atoms with Crippen molar-refractivity contribution < 1.29 is 14.6 Å². The molecule has 1 atom stereocenters. The molecule has 1 N–H and O–H groups in total. The van der Waals surface area contributed by atoms with Crippen molar-refractivity contribution in [2.24, 2.45) is 0 Å². The van der Waals surface area contributed by atoms with Gasteiger partial charge in [-0.3, -0.25) is 9.69 Å².